The van der Waals surface area contributed by atoms with E-state index in [9.17, 15) is 4.79 Å². The first-order valence-corrected chi connectivity index (χ1v) is 8.18. The van der Waals surface area contributed by atoms with Crippen LogP contribution in [0.1, 0.15) is 49.0 Å². The fourth-order valence-corrected chi connectivity index (χ4v) is 2.67. The van der Waals surface area contributed by atoms with Gasteiger partial charge in [0.25, 0.3) is 5.91 Å². The molecule has 0 saturated heterocycles. The van der Waals surface area contributed by atoms with Gasteiger partial charge in [-0.25, -0.2) is 0 Å². The zero-order valence-electron chi connectivity index (χ0n) is 13.6. The smallest absolute Gasteiger partial charge is 0.271 e. The lowest BCUT2D eigenvalue weighted by atomic mass is 9.95. The average molecular weight is 305 g/mol. The minimum Gasteiger partial charge on any atom is -0.366 e. The first-order valence-electron chi connectivity index (χ1n) is 8.18. The molecule has 0 bridgehead atoms. The maximum atomic E-state index is 11.9. The number of hydrogen-bond donors (Lipinski definition) is 2. The second kappa shape index (κ2) is 8.68. The SMILES string of the molecule is CN(C)CCCNC(=O)c1ccc(NC2CCCCC2)nn1. The van der Waals surface area contributed by atoms with Crippen LogP contribution in [0.15, 0.2) is 12.1 Å². The Morgan fingerprint density at radius 1 is 1.23 bits per heavy atom. The van der Waals surface area contributed by atoms with Gasteiger partial charge in [-0.15, -0.1) is 10.2 Å². The summed E-state index contributed by atoms with van der Waals surface area (Å²) >= 11 is 0. The van der Waals surface area contributed by atoms with Crippen molar-refractivity contribution in [2.24, 2.45) is 0 Å². The second-order valence-electron chi connectivity index (χ2n) is 6.20. The van der Waals surface area contributed by atoms with Gasteiger partial charge in [-0.1, -0.05) is 19.3 Å². The van der Waals surface area contributed by atoms with Crippen molar-refractivity contribution in [2.75, 3.05) is 32.5 Å². The number of carbonyl (C=O) groups excluding carboxylic acids is 1. The topological polar surface area (TPSA) is 70.2 Å². The number of nitrogens with zero attached hydrogens (tertiary/aromatic N) is 3. The van der Waals surface area contributed by atoms with Crippen molar-refractivity contribution >= 4 is 11.7 Å². The van der Waals surface area contributed by atoms with Crippen LogP contribution in [0.25, 0.3) is 0 Å². The van der Waals surface area contributed by atoms with Gasteiger partial charge in [-0.05, 0) is 52.0 Å². The standard InChI is InChI=1S/C16H27N5O/c1-21(2)12-6-11-17-16(22)14-9-10-15(20-19-14)18-13-7-4-3-5-8-13/h9-10,13H,3-8,11-12H2,1-2H3,(H,17,22)(H,18,20). The molecule has 1 aliphatic rings. The van der Waals surface area contributed by atoms with Crippen molar-refractivity contribution in [1.29, 1.82) is 0 Å². The molecule has 0 aliphatic heterocycles. The highest BCUT2D eigenvalue weighted by Crippen LogP contribution is 2.20. The molecular formula is C16H27N5O. The minimum atomic E-state index is -0.157. The van der Waals surface area contributed by atoms with Gasteiger partial charge in [-0.3, -0.25) is 4.79 Å². The van der Waals surface area contributed by atoms with E-state index in [4.69, 9.17) is 0 Å². The number of anilines is 1. The second-order valence-corrected chi connectivity index (χ2v) is 6.20. The molecule has 0 unspecified atom stereocenters. The number of rotatable bonds is 7. The largest absolute Gasteiger partial charge is 0.366 e. The third-order valence-electron chi connectivity index (χ3n) is 3.92. The number of nitrogens with one attached hydrogen (secondary N) is 2. The first kappa shape index (κ1) is 16.7. The van der Waals surface area contributed by atoms with Crippen LogP contribution in [0.4, 0.5) is 5.82 Å². The van der Waals surface area contributed by atoms with Crippen molar-refractivity contribution in [3.8, 4) is 0 Å². The minimum absolute atomic E-state index is 0.157. The third-order valence-corrected chi connectivity index (χ3v) is 3.92. The highest BCUT2D eigenvalue weighted by atomic mass is 16.1. The van der Waals surface area contributed by atoms with Crippen LogP contribution in [-0.4, -0.2) is 54.2 Å². The number of amides is 1. The van der Waals surface area contributed by atoms with Gasteiger partial charge in [0.2, 0.25) is 0 Å². The fourth-order valence-electron chi connectivity index (χ4n) is 2.67. The molecule has 1 saturated carbocycles. The van der Waals surface area contributed by atoms with Crippen LogP contribution in [0, 0.1) is 0 Å². The van der Waals surface area contributed by atoms with Crippen LogP contribution >= 0.6 is 0 Å². The molecule has 122 valence electrons. The Hall–Kier alpha value is -1.69. The average Bonchev–Trinajstić information content (AvgIpc) is 2.53. The molecule has 0 atom stereocenters. The van der Waals surface area contributed by atoms with Crippen molar-refractivity contribution in [3.05, 3.63) is 17.8 Å². The molecule has 0 spiro atoms. The molecular weight excluding hydrogens is 278 g/mol. The van der Waals surface area contributed by atoms with E-state index in [-0.39, 0.29) is 5.91 Å². The Kier molecular flexibility index (Phi) is 6.58. The Balaban J connectivity index is 1.76. The van der Waals surface area contributed by atoms with E-state index in [1.54, 1.807) is 6.07 Å². The molecule has 2 N–H and O–H groups in total. The van der Waals surface area contributed by atoms with Crippen molar-refractivity contribution in [2.45, 2.75) is 44.6 Å². The Morgan fingerprint density at radius 3 is 2.64 bits per heavy atom. The summed E-state index contributed by atoms with van der Waals surface area (Å²) in [6.07, 6.45) is 7.19. The summed E-state index contributed by atoms with van der Waals surface area (Å²) in [6, 6.07) is 4.07. The summed E-state index contributed by atoms with van der Waals surface area (Å²) in [5.74, 6) is 0.603. The van der Waals surface area contributed by atoms with Crippen LogP contribution < -0.4 is 10.6 Å². The quantitative estimate of drug-likeness (QED) is 0.753. The van der Waals surface area contributed by atoms with Gasteiger partial charge in [0.15, 0.2) is 5.69 Å². The summed E-state index contributed by atoms with van der Waals surface area (Å²) < 4.78 is 0. The molecule has 22 heavy (non-hydrogen) atoms. The van der Waals surface area contributed by atoms with E-state index in [0.29, 0.717) is 18.3 Å². The normalized spacial score (nSPS) is 15.8. The summed E-state index contributed by atoms with van der Waals surface area (Å²) in [5.41, 5.74) is 0.374. The highest BCUT2D eigenvalue weighted by molar-refractivity contribution is 5.92. The molecule has 6 heteroatoms. The molecule has 1 aromatic heterocycles. The first-order chi connectivity index (χ1) is 10.6. The molecule has 0 radical (unpaired) electrons. The highest BCUT2D eigenvalue weighted by Gasteiger charge is 2.14. The summed E-state index contributed by atoms with van der Waals surface area (Å²) in [4.78, 5) is 14.0. The van der Waals surface area contributed by atoms with E-state index in [1.165, 1.54) is 32.1 Å². The van der Waals surface area contributed by atoms with Crippen molar-refractivity contribution < 1.29 is 4.79 Å². The Morgan fingerprint density at radius 2 is 2.00 bits per heavy atom. The van der Waals surface area contributed by atoms with E-state index in [1.807, 2.05) is 20.2 Å². The molecule has 1 fully saturated rings. The zero-order valence-corrected chi connectivity index (χ0v) is 13.6. The number of aromatic nitrogens is 2. The van der Waals surface area contributed by atoms with Gasteiger partial charge < -0.3 is 15.5 Å². The van der Waals surface area contributed by atoms with E-state index < -0.39 is 0 Å². The van der Waals surface area contributed by atoms with E-state index in [0.717, 1.165) is 18.8 Å². The summed E-state index contributed by atoms with van der Waals surface area (Å²) in [5, 5.41) is 14.4. The molecule has 1 heterocycles. The maximum absolute atomic E-state index is 11.9. The molecule has 1 aromatic rings. The van der Waals surface area contributed by atoms with E-state index in [2.05, 4.69) is 25.7 Å². The van der Waals surface area contributed by atoms with Crippen LogP contribution in [0.3, 0.4) is 0 Å². The van der Waals surface area contributed by atoms with Crippen LogP contribution in [0.5, 0.6) is 0 Å². The molecule has 1 amide bonds. The summed E-state index contributed by atoms with van der Waals surface area (Å²) in [6.45, 7) is 1.61. The van der Waals surface area contributed by atoms with Crippen molar-refractivity contribution in [1.82, 2.24) is 20.4 Å². The van der Waals surface area contributed by atoms with E-state index >= 15 is 0 Å². The fraction of sp³-hybridized carbons (Fsp3) is 0.688. The van der Waals surface area contributed by atoms with Gasteiger partial charge in [-0.2, -0.15) is 0 Å². The lowest BCUT2D eigenvalue weighted by Crippen LogP contribution is -2.28. The maximum Gasteiger partial charge on any atom is 0.271 e. The van der Waals surface area contributed by atoms with Gasteiger partial charge >= 0.3 is 0 Å². The molecule has 2 rings (SSSR count). The third kappa shape index (κ3) is 5.60. The van der Waals surface area contributed by atoms with Gasteiger partial charge in [0.1, 0.15) is 5.82 Å². The predicted octanol–water partition coefficient (Wildman–Crippen LogP) is 1.90. The molecule has 1 aliphatic carbocycles. The Labute approximate surface area is 132 Å². The molecule has 6 nitrogen and oxygen atoms in total. The predicted molar refractivity (Wildman–Crippen MR) is 88.0 cm³/mol. The monoisotopic (exact) mass is 305 g/mol. The van der Waals surface area contributed by atoms with Gasteiger partial charge in [0, 0.05) is 12.6 Å². The Bertz CT molecular complexity index is 454. The zero-order chi connectivity index (χ0) is 15.8. The number of carbonyl (C=O) groups is 1. The molecule has 0 aromatic carbocycles. The lowest BCUT2D eigenvalue weighted by Gasteiger charge is -2.22. The van der Waals surface area contributed by atoms with Gasteiger partial charge in [0.05, 0.1) is 0 Å². The van der Waals surface area contributed by atoms with Crippen LogP contribution in [-0.2, 0) is 0 Å². The lowest BCUT2D eigenvalue weighted by molar-refractivity contribution is 0.0946. The summed E-state index contributed by atoms with van der Waals surface area (Å²) in [7, 11) is 4.04. The van der Waals surface area contributed by atoms with Crippen molar-refractivity contribution in [3.63, 3.8) is 0 Å². The number of hydrogen-bond acceptors (Lipinski definition) is 5. The van der Waals surface area contributed by atoms with Crippen LogP contribution in [0.2, 0.25) is 0 Å².